The SMILES string of the molecule is S.S.[AlH3].[Sc]. The quantitative estimate of drug-likeness (QED) is 0.383. The minimum Gasteiger partial charge on any atom is -0.197 e. The van der Waals surface area contributed by atoms with Crippen LogP contribution in [0.4, 0.5) is 0 Å². The van der Waals surface area contributed by atoms with E-state index in [-0.39, 0.29) is 70.2 Å². The smallest absolute Gasteiger partial charge is 0.187 e. The van der Waals surface area contributed by atoms with Gasteiger partial charge in [0.1, 0.15) is 0 Å². The Morgan fingerprint density at radius 2 is 0.750 bits per heavy atom. The summed E-state index contributed by atoms with van der Waals surface area (Å²) < 4.78 is 0. The zero-order valence-corrected chi connectivity index (χ0v) is 5.38. The molecule has 0 saturated heterocycles. The van der Waals surface area contributed by atoms with Crippen molar-refractivity contribution in [1.29, 1.82) is 0 Å². The van der Waals surface area contributed by atoms with Crippen molar-refractivity contribution in [3.63, 3.8) is 0 Å². The fraction of sp³-hybridized carbons (Fsp3) is 0. The van der Waals surface area contributed by atoms with Crippen LogP contribution in [0, 0.1) is 0 Å². The predicted molar refractivity (Wildman–Crippen MR) is 30.7 cm³/mol. The second-order valence-electron chi connectivity index (χ2n) is 0. The van der Waals surface area contributed by atoms with Gasteiger partial charge in [0.2, 0.25) is 0 Å². The van der Waals surface area contributed by atoms with Crippen LogP contribution in [0.15, 0.2) is 0 Å². The van der Waals surface area contributed by atoms with Gasteiger partial charge >= 0.3 is 0 Å². The summed E-state index contributed by atoms with van der Waals surface area (Å²) in [4.78, 5) is 0. The molecule has 0 aliphatic heterocycles. The number of hydrogen-bond donors (Lipinski definition) is 0. The summed E-state index contributed by atoms with van der Waals surface area (Å²) in [5.41, 5.74) is 0. The molecular formula is H7AlS2Sc. The molecule has 0 fully saturated rings. The molecular weight excluding hydrogens is 136 g/mol. The molecule has 0 aromatic heterocycles. The molecule has 0 bridgehead atoms. The largest absolute Gasteiger partial charge is 0.197 e. The fourth-order valence-electron chi connectivity index (χ4n) is 0. The summed E-state index contributed by atoms with van der Waals surface area (Å²) in [5.74, 6) is 0. The van der Waals surface area contributed by atoms with Gasteiger partial charge in [-0.25, -0.2) is 0 Å². The van der Waals surface area contributed by atoms with Crippen molar-refractivity contribution in [2.24, 2.45) is 0 Å². The van der Waals surface area contributed by atoms with Gasteiger partial charge in [-0.05, 0) is 0 Å². The van der Waals surface area contributed by atoms with Crippen LogP contribution in [0.5, 0.6) is 0 Å². The zero-order valence-electron chi connectivity index (χ0n) is 1.58. The Hall–Kier alpha value is 2.10. The Labute approximate surface area is 69.5 Å². The van der Waals surface area contributed by atoms with Crippen LogP contribution in [0.25, 0.3) is 0 Å². The number of hydrogen-bond acceptors (Lipinski definition) is 0. The van der Waals surface area contributed by atoms with Crippen LogP contribution in [0.1, 0.15) is 0 Å². The van der Waals surface area contributed by atoms with E-state index in [0.717, 1.165) is 0 Å². The molecule has 0 aliphatic carbocycles. The first-order chi connectivity index (χ1) is 0. The van der Waals surface area contributed by atoms with Gasteiger partial charge in [-0.3, -0.25) is 0 Å². The standard InChI is InChI=1S/Al.2H2S.Sc.3H/h;2*1H2;;;;. The topological polar surface area (TPSA) is 0 Å². The summed E-state index contributed by atoms with van der Waals surface area (Å²) >= 11 is 0. The minimum atomic E-state index is 0. The van der Waals surface area contributed by atoms with Gasteiger partial charge in [0.25, 0.3) is 0 Å². The molecule has 0 N–H and O–H groups in total. The molecule has 0 heterocycles. The van der Waals surface area contributed by atoms with Crippen molar-refractivity contribution in [2.75, 3.05) is 0 Å². The molecule has 0 aromatic rings. The average molecular weight is 143 g/mol. The van der Waals surface area contributed by atoms with Crippen molar-refractivity contribution in [3.05, 3.63) is 0 Å². The van der Waals surface area contributed by atoms with Gasteiger partial charge in [0, 0.05) is 25.8 Å². The molecule has 0 aliphatic rings. The third kappa shape index (κ3) is 8.93. The Morgan fingerprint density at radius 1 is 0.750 bits per heavy atom. The Balaban J connectivity index is 0. The van der Waals surface area contributed by atoms with Gasteiger partial charge in [-0.1, -0.05) is 0 Å². The minimum absolute atomic E-state index is 0. The van der Waals surface area contributed by atoms with E-state index in [1.807, 2.05) is 0 Å². The van der Waals surface area contributed by atoms with Crippen LogP contribution in [0.3, 0.4) is 0 Å². The molecule has 4 heavy (non-hydrogen) atoms. The molecule has 0 aromatic carbocycles. The molecule has 4 heteroatoms. The molecule has 25 valence electrons. The molecule has 0 spiro atoms. The Kier molecular flexibility index (Phi) is 175. The summed E-state index contributed by atoms with van der Waals surface area (Å²) in [6.45, 7) is 0. The molecule has 0 rings (SSSR count). The van der Waals surface area contributed by atoms with Crippen LogP contribution < -0.4 is 0 Å². The van der Waals surface area contributed by atoms with Crippen molar-refractivity contribution in [3.8, 4) is 0 Å². The van der Waals surface area contributed by atoms with Gasteiger partial charge in [-0.15, -0.1) is 0 Å². The third-order valence-corrected chi connectivity index (χ3v) is 0. The van der Waals surface area contributed by atoms with Gasteiger partial charge in [-0.2, -0.15) is 27.0 Å². The van der Waals surface area contributed by atoms with E-state index in [1.165, 1.54) is 0 Å². The average Bonchev–Trinajstić information content (AvgIpc) is 0. The monoisotopic (exact) mass is 143 g/mol. The molecule has 0 atom stereocenters. The van der Waals surface area contributed by atoms with E-state index >= 15 is 0 Å². The first-order valence-electron chi connectivity index (χ1n) is 0. The van der Waals surface area contributed by atoms with Crippen molar-refractivity contribution in [2.45, 2.75) is 0 Å². The van der Waals surface area contributed by atoms with E-state index in [9.17, 15) is 0 Å². The summed E-state index contributed by atoms with van der Waals surface area (Å²) in [5, 5.41) is 0. The maximum absolute atomic E-state index is 0. The second-order valence-corrected chi connectivity index (χ2v) is 0. The van der Waals surface area contributed by atoms with E-state index in [2.05, 4.69) is 0 Å². The van der Waals surface area contributed by atoms with E-state index in [0.29, 0.717) is 0 Å². The summed E-state index contributed by atoms with van der Waals surface area (Å²) in [6, 6.07) is 0. The van der Waals surface area contributed by atoms with Gasteiger partial charge < -0.3 is 0 Å². The van der Waals surface area contributed by atoms with Crippen molar-refractivity contribution >= 4 is 44.4 Å². The molecule has 0 amide bonds. The van der Waals surface area contributed by atoms with Crippen LogP contribution >= 0.6 is 27.0 Å². The first-order valence-corrected chi connectivity index (χ1v) is 0. The molecule has 1 radical (unpaired) electrons. The zero-order chi connectivity index (χ0) is 0. The molecule has 0 nitrogen and oxygen atoms in total. The first kappa shape index (κ1) is 35.9. The molecule has 0 saturated carbocycles. The van der Waals surface area contributed by atoms with E-state index in [4.69, 9.17) is 0 Å². The molecule has 0 unspecified atom stereocenters. The van der Waals surface area contributed by atoms with Crippen molar-refractivity contribution in [1.82, 2.24) is 0 Å². The third-order valence-electron chi connectivity index (χ3n) is 0. The fourth-order valence-corrected chi connectivity index (χ4v) is 0. The summed E-state index contributed by atoms with van der Waals surface area (Å²) in [7, 11) is 0. The number of rotatable bonds is 0. The second kappa shape index (κ2) is 19.4. The van der Waals surface area contributed by atoms with Crippen LogP contribution in [-0.4, -0.2) is 17.4 Å². The maximum atomic E-state index is 0. The van der Waals surface area contributed by atoms with Crippen LogP contribution in [0.2, 0.25) is 0 Å². The Bertz CT molecular complexity index is 6.00. The predicted octanol–water partition coefficient (Wildman–Crippen LogP) is -0.961. The van der Waals surface area contributed by atoms with Gasteiger partial charge in [0.15, 0.2) is 17.4 Å². The normalized spacial score (nSPS) is 0. The van der Waals surface area contributed by atoms with E-state index < -0.39 is 0 Å². The summed E-state index contributed by atoms with van der Waals surface area (Å²) in [6.07, 6.45) is 0. The van der Waals surface area contributed by atoms with E-state index in [1.54, 1.807) is 0 Å². The van der Waals surface area contributed by atoms with Crippen LogP contribution in [-0.2, 0) is 25.8 Å². The van der Waals surface area contributed by atoms with Crippen molar-refractivity contribution < 1.29 is 25.8 Å². The Morgan fingerprint density at radius 3 is 0.750 bits per heavy atom. The van der Waals surface area contributed by atoms with Gasteiger partial charge in [0.05, 0.1) is 0 Å². The maximum Gasteiger partial charge on any atom is 0.187 e.